The van der Waals surface area contributed by atoms with Gasteiger partial charge in [-0.1, -0.05) is 0 Å². The molecule has 70 valence electrons. The van der Waals surface area contributed by atoms with Gasteiger partial charge >= 0.3 is 5.97 Å². The Bertz CT molecular complexity index is 281. The quantitative estimate of drug-likeness (QED) is 0.550. The Balaban J connectivity index is 2.74. The lowest BCUT2D eigenvalue weighted by Crippen LogP contribution is -2.04. The first-order chi connectivity index (χ1) is 6.27. The molecule has 0 atom stereocenters. The predicted molar refractivity (Wildman–Crippen MR) is 47.8 cm³/mol. The fourth-order valence-corrected chi connectivity index (χ4v) is 0.895. The zero-order valence-electron chi connectivity index (χ0n) is 7.28. The standard InChI is InChI=1S/C9H11NO3/c1-2-13-9(11)7-3-5-8(10-12)6-4-7/h3-6,10,12H,2H2,1H3. The van der Waals surface area contributed by atoms with Crippen molar-refractivity contribution in [1.29, 1.82) is 0 Å². The van der Waals surface area contributed by atoms with Crippen LogP contribution in [0.25, 0.3) is 0 Å². The van der Waals surface area contributed by atoms with Gasteiger partial charge in [-0.3, -0.25) is 10.7 Å². The van der Waals surface area contributed by atoms with Crippen LogP contribution in [-0.4, -0.2) is 17.8 Å². The number of hydrogen-bond acceptors (Lipinski definition) is 4. The second-order valence-electron chi connectivity index (χ2n) is 2.41. The lowest BCUT2D eigenvalue weighted by molar-refractivity contribution is 0.0526. The minimum absolute atomic E-state index is 0.355. The molecule has 0 radical (unpaired) electrons. The molecule has 0 aromatic heterocycles. The smallest absolute Gasteiger partial charge is 0.338 e. The summed E-state index contributed by atoms with van der Waals surface area (Å²) in [5.41, 5.74) is 2.98. The summed E-state index contributed by atoms with van der Waals surface area (Å²) in [6.07, 6.45) is 0. The highest BCUT2D eigenvalue weighted by molar-refractivity contribution is 5.89. The molecule has 0 fully saturated rings. The van der Waals surface area contributed by atoms with Crippen molar-refractivity contribution in [1.82, 2.24) is 0 Å². The van der Waals surface area contributed by atoms with E-state index in [0.717, 1.165) is 0 Å². The van der Waals surface area contributed by atoms with Crippen molar-refractivity contribution in [3.8, 4) is 0 Å². The zero-order chi connectivity index (χ0) is 9.68. The van der Waals surface area contributed by atoms with Crippen molar-refractivity contribution in [2.45, 2.75) is 6.92 Å². The molecule has 0 aliphatic rings. The molecule has 0 unspecified atom stereocenters. The Hall–Kier alpha value is -1.55. The van der Waals surface area contributed by atoms with E-state index >= 15 is 0 Å². The van der Waals surface area contributed by atoms with Crippen LogP contribution in [0.1, 0.15) is 17.3 Å². The minimum atomic E-state index is -0.355. The highest BCUT2D eigenvalue weighted by atomic mass is 16.5. The molecule has 0 aliphatic heterocycles. The van der Waals surface area contributed by atoms with Gasteiger partial charge in [-0.25, -0.2) is 4.79 Å². The maximum atomic E-state index is 11.1. The van der Waals surface area contributed by atoms with E-state index in [9.17, 15) is 4.79 Å². The van der Waals surface area contributed by atoms with E-state index in [1.165, 1.54) is 0 Å². The summed E-state index contributed by atoms with van der Waals surface area (Å²) in [7, 11) is 0. The Morgan fingerprint density at radius 1 is 1.46 bits per heavy atom. The number of anilines is 1. The van der Waals surface area contributed by atoms with Crippen LogP contribution in [0.15, 0.2) is 24.3 Å². The van der Waals surface area contributed by atoms with Crippen LogP contribution >= 0.6 is 0 Å². The fraction of sp³-hybridized carbons (Fsp3) is 0.222. The van der Waals surface area contributed by atoms with E-state index in [4.69, 9.17) is 9.94 Å². The summed E-state index contributed by atoms with van der Waals surface area (Å²) in [5, 5.41) is 8.50. The third-order valence-electron chi connectivity index (χ3n) is 1.53. The van der Waals surface area contributed by atoms with Gasteiger partial charge in [0, 0.05) is 0 Å². The second kappa shape index (κ2) is 4.47. The first-order valence-corrected chi connectivity index (χ1v) is 3.95. The van der Waals surface area contributed by atoms with Crippen LogP contribution in [0.3, 0.4) is 0 Å². The van der Waals surface area contributed by atoms with Gasteiger partial charge in [0.1, 0.15) is 0 Å². The monoisotopic (exact) mass is 181 g/mol. The summed E-state index contributed by atoms with van der Waals surface area (Å²) in [6, 6.07) is 6.34. The van der Waals surface area contributed by atoms with Gasteiger partial charge in [-0.05, 0) is 31.2 Å². The highest BCUT2D eigenvalue weighted by Crippen LogP contribution is 2.09. The number of rotatable bonds is 3. The minimum Gasteiger partial charge on any atom is -0.462 e. The number of ether oxygens (including phenoxy) is 1. The fourth-order valence-electron chi connectivity index (χ4n) is 0.895. The van der Waals surface area contributed by atoms with E-state index < -0.39 is 0 Å². The third-order valence-corrected chi connectivity index (χ3v) is 1.53. The molecule has 0 bridgehead atoms. The van der Waals surface area contributed by atoms with Gasteiger partial charge in [0.15, 0.2) is 0 Å². The Morgan fingerprint density at radius 3 is 2.54 bits per heavy atom. The SMILES string of the molecule is CCOC(=O)c1ccc(NO)cc1. The Morgan fingerprint density at radius 2 is 2.08 bits per heavy atom. The molecule has 0 saturated carbocycles. The molecule has 0 saturated heterocycles. The molecule has 0 amide bonds. The summed E-state index contributed by atoms with van der Waals surface area (Å²) >= 11 is 0. The van der Waals surface area contributed by atoms with Gasteiger partial charge in [0.05, 0.1) is 17.9 Å². The molecule has 0 aliphatic carbocycles. The van der Waals surface area contributed by atoms with Crippen LogP contribution < -0.4 is 5.48 Å². The molecule has 4 nitrogen and oxygen atoms in total. The van der Waals surface area contributed by atoms with Crippen molar-refractivity contribution in [3.63, 3.8) is 0 Å². The van der Waals surface area contributed by atoms with E-state index in [1.807, 2.05) is 5.48 Å². The topological polar surface area (TPSA) is 58.6 Å². The molecule has 4 heteroatoms. The number of benzene rings is 1. The molecule has 2 N–H and O–H groups in total. The van der Waals surface area contributed by atoms with E-state index in [-0.39, 0.29) is 5.97 Å². The van der Waals surface area contributed by atoms with Crippen LogP contribution in [0.5, 0.6) is 0 Å². The van der Waals surface area contributed by atoms with Crippen molar-refractivity contribution < 1.29 is 14.7 Å². The van der Waals surface area contributed by atoms with Crippen molar-refractivity contribution >= 4 is 11.7 Å². The van der Waals surface area contributed by atoms with Crippen molar-refractivity contribution in [3.05, 3.63) is 29.8 Å². The first kappa shape index (κ1) is 9.54. The summed E-state index contributed by atoms with van der Waals surface area (Å²) in [6.45, 7) is 2.11. The molecule has 1 rings (SSSR count). The summed E-state index contributed by atoms with van der Waals surface area (Å²) in [5.74, 6) is -0.355. The van der Waals surface area contributed by atoms with Crippen LogP contribution in [0.4, 0.5) is 5.69 Å². The van der Waals surface area contributed by atoms with Gasteiger partial charge in [0.25, 0.3) is 0 Å². The molecule has 13 heavy (non-hydrogen) atoms. The lowest BCUT2D eigenvalue weighted by atomic mass is 10.2. The maximum Gasteiger partial charge on any atom is 0.338 e. The van der Waals surface area contributed by atoms with Crippen LogP contribution in [-0.2, 0) is 4.74 Å². The normalized spacial score (nSPS) is 9.38. The van der Waals surface area contributed by atoms with Crippen molar-refractivity contribution in [2.24, 2.45) is 0 Å². The number of esters is 1. The van der Waals surface area contributed by atoms with Gasteiger partial charge in [-0.15, -0.1) is 0 Å². The second-order valence-corrected chi connectivity index (χ2v) is 2.41. The van der Waals surface area contributed by atoms with Crippen LogP contribution in [0.2, 0.25) is 0 Å². The lowest BCUT2D eigenvalue weighted by Gasteiger charge is -2.02. The average Bonchev–Trinajstić information content (AvgIpc) is 2.18. The molecule has 0 spiro atoms. The molecular weight excluding hydrogens is 170 g/mol. The summed E-state index contributed by atoms with van der Waals surface area (Å²) < 4.78 is 4.78. The Labute approximate surface area is 76.1 Å². The van der Waals surface area contributed by atoms with Crippen molar-refractivity contribution in [2.75, 3.05) is 12.1 Å². The number of hydrogen-bond donors (Lipinski definition) is 2. The van der Waals surface area contributed by atoms with Crippen LogP contribution in [0, 0.1) is 0 Å². The van der Waals surface area contributed by atoms with Gasteiger partial charge < -0.3 is 4.74 Å². The summed E-state index contributed by atoms with van der Waals surface area (Å²) in [4.78, 5) is 11.1. The predicted octanol–water partition coefficient (Wildman–Crippen LogP) is 1.66. The van der Waals surface area contributed by atoms with E-state index in [1.54, 1.807) is 31.2 Å². The maximum absolute atomic E-state index is 11.1. The van der Waals surface area contributed by atoms with E-state index in [0.29, 0.717) is 17.9 Å². The number of carbonyl (C=O) groups excluding carboxylic acids is 1. The first-order valence-electron chi connectivity index (χ1n) is 3.95. The Kier molecular flexibility index (Phi) is 3.28. The number of nitrogens with one attached hydrogen (secondary N) is 1. The number of carbonyl (C=O) groups is 1. The van der Waals surface area contributed by atoms with Gasteiger partial charge in [0.2, 0.25) is 0 Å². The van der Waals surface area contributed by atoms with Gasteiger partial charge in [-0.2, -0.15) is 0 Å². The molecule has 1 aromatic carbocycles. The third kappa shape index (κ3) is 2.45. The molecule has 1 aromatic rings. The van der Waals surface area contributed by atoms with E-state index in [2.05, 4.69) is 0 Å². The molecular formula is C9H11NO3. The largest absolute Gasteiger partial charge is 0.462 e. The molecule has 0 heterocycles. The zero-order valence-corrected chi connectivity index (χ0v) is 7.28. The average molecular weight is 181 g/mol. The highest BCUT2D eigenvalue weighted by Gasteiger charge is 2.04.